The minimum atomic E-state index is -0.887. The Labute approximate surface area is 137 Å². The Bertz CT molecular complexity index is 906. The number of amides is 1. The molecule has 0 saturated heterocycles. The van der Waals surface area contributed by atoms with E-state index in [1.54, 1.807) is 0 Å². The molecule has 0 radical (unpaired) electrons. The number of hydrogen-bond donors (Lipinski definition) is 1. The lowest BCUT2D eigenvalue weighted by molar-refractivity contribution is 0.102. The second-order valence-corrected chi connectivity index (χ2v) is 5.63. The largest absolute Gasteiger partial charge is 0.298 e. The summed E-state index contributed by atoms with van der Waals surface area (Å²) in [7, 11) is 0. The van der Waals surface area contributed by atoms with Crippen molar-refractivity contribution in [2.24, 2.45) is 0 Å². The molecule has 24 heavy (non-hydrogen) atoms. The molecular weight excluding hydrogens is 344 g/mol. The minimum absolute atomic E-state index is 0.0523. The first-order valence-electron chi connectivity index (χ1n) is 6.61. The number of nitrogens with one attached hydrogen (secondary N) is 1. The fourth-order valence-corrected chi connectivity index (χ4v) is 2.71. The number of rotatable bonds is 3. The second-order valence-electron chi connectivity index (χ2n) is 4.77. The maximum Gasteiger partial charge on any atom is 0.257 e. The lowest BCUT2D eigenvalue weighted by Crippen LogP contribution is -2.12. The molecule has 3 rings (SSSR count). The lowest BCUT2D eigenvalue weighted by atomic mass is 10.1. The Kier molecular flexibility index (Phi) is 4.30. The van der Waals surface area contributed by atoms with Crippen LogP contribution < -0.4 is 5.32 Å². The highest BCUT2D eigenvalue weighted by molar-refractivity contribution is 7.14. The molecule has 0 aliphatic heterocycles. The van der Waals surface area contributed by atoms with Crippen molar-refractivity contribution in [3.63, 3.8) is 0 Å². The third-order valence-corrected chi connectivity index (χ3v) is 3.81. The molecular formula is C16H8F4N2OS. The zero-order chi connectivity index (χ0) is 17.3. The average Bonchev–Trinajstić information content (AvgIpc) is 2.97. The molecule has 1 heterocycles. The molecule has 0 fully saturated rings. The van der Waals surface area contributed by atoms with Crippen LogP contribution in [0, 0.1) is 23.3 Å². The van der Waals surface area contributed by atoms with E-state index in [1.807, 2.05) is 0 Å². The summed E-state index contributed by atoms with van der Waals surface area (Å²) in [5, 5.41) is 3.87. The van der Waals surface area contributed by atoms with Gasteiger partial charge in [-0.25, -0.2) is 22.5 Å². The van der Waals surface area contributed by atoms with Crippen LogP contribution in [0.25, 0.3) is 11.3 Å². The van der Waals surface area contributed by atoms with Gasteiger partial charge in [0.25, 0.3) is 5.91 Å². The quantitative estimate of drug-likeness (QED) is 0.699. The van der Waals surface area contributed by atoms with Gasteiger partial charge in [0.05, 0.1) is 5.69 Å². The lowest BCUT2D eigenvalue weighted by Gasteiger charge is -2.02. The number of aromatic nitrogens is 1. The van der Waals surface area contributed by atoms with Gasteiger partial charge in [-0.15, -0.1) is 11.3 Å². The van der Waals surface area contributed by atoms with Gasteiger partial charge in [0, 0.05) is 22.6 Å². The van der Waals surface area contributed by atoms with Crippen LogP contribution >= 0.6 is 11.3 Å². The summed E-state index contributed by atoms with van der Waals surface area (Å²) < 4.78 is 53.2. The predicted molar refractivity (Wildman–Crippen MR) is 81.8 cm³/mol. The van der Waals surface area contributed by atoms with Gasteiger partial charge in [0.15, 0.2) is 5.13 Å². The Morgan fingerprint density at radius 1 is 0.958 bits per heavy atom. The molecule has 0 atom stereocenters. The Hall–Kier alpha value is -2.74. The second kappa shape index (κ2) is 6.40. The number of anilines is 1. The molecule has 3 nitrogen and oxygen atoms in total. The number of hydrogen-bond acceptors (Lipinski definition) is 3. The van der Waals surface area contributed by atoms with E-state index >= 15 is 0 Å². The monoisotopic (exact) mass is 352 g/mol. The molecule has 122 valence electrons. The van der Waals surface area contributed by atoms with Crippen molar-refractivity contribution in [1.29, 1.82) is 0 Å². The molecule has 0 bridgehead atoms. The normalized spacial score (nSPS) is 10.7. The zero-order valence-corrected chi connectivity index (χ0v) is 12.6. The molecule has 0 saturated carbocycles. The summed E-state index contributed by atoms with van der Waals surface area (Å²) >= 11 is 0.971. The van der Waals surface area contributed by atoms with Crippen LogP contribution in [-0.2, 0) is 0 Å². The smallest absolute Gasteiger partial charge is 0.257 e. The van der Waals surface area contributed by atoms with Gasteiger partial charge in [0.2, 0.25) is 0 Å². The first-order chi connectivity index (χ1) is 11.4. The first-order valence-corrected chi connectivity index (χ1v) is 7.49. The van der Waals surface area contributed by atoms with E-state index < -0.39 is 29.2 Å². The van der Waals surface area contributed by atoms with Gasteiger partial charge in [-0.2, -0.15) is 0 Å². The van der Waals surface area contributed by atoms with E-state index in [4.69, 9.17) is 0 Å². The van der Waals surface area contributed by atoms with E-state index in [-0.39, 0.29) is 22.0 Å². The molecule has 1 amide bonds. The number of carbonyl (C=O) groups is 1. The first kappa shape index (κ1) is 16.1. The van der Waals surface area contributed by atoms with Crippen molar-refractivity contribution >= 4 is 22.4 Å². The molecule has 8 heteroatoms. The van der Waals surface area contributed by atoms with Gasteiger partial charge < -0.3 is 0 Å². The van der Waals surface area contributed by atoms with E-state index in [1.165, 1.54) is 5.38 Å². The Morgan fingerprint density at radius 3 is 2.38 bits per heavy atom. The van der Waals surface area contributed by atoms with Crippen molar-refractivity contribution in [3.8, 4) is 11.3 Å². The van der Waals surface area contributed by atoms with Gasteiger partial charge in [-0.1, -0.05) is 0 Å². The summed E-state index contributed by atoms with van der Waals surface area (Å²) in [6, 6.07) is 5.32. The number of halogens is 4. The maximum atomic E-state index is 13.7. The maximum absolute atomic E-state index is 13.7. The minimum Gasteiger partial charge on any atom is -0.298 e. The number of thiazole rings is 1. The summed E-state index contributed by atoms with van der Waals surface area (Å²) in [5.41, 5.74) is -0.137. The highest BCUT2D eigenvalue weighted by Crippen LogP contribution is 2.28. The van der Waals surface area contributed by atoms with E-state index in [2.05, 4.69) is 10.3 Å². The van der Waals surface area contributed by atoms with E-state index in [0.29, 0.717) is 6.07 Å². The summed E-state index contributed by atoms with van der Waals surface area (Å²) in [5.74, 6) is -3.83. The van der Waals surface area contributed by atoms with Gasteiger partial charge in [-0.3, -0.25) is 10.1 Å². The highest BCUT2D eigenvalue weighted by Gasteiger charge is 2.14. The molecule has 0 spiro atoms. The fourth-order valence-electron chi connectivity index (χ4n) is 2.00. The SMILES string of the molecule is O=C(Nc1nc(-c2cc(F)ccc2F)cs1)c1cc(F)cc(F)c1. The third-order valence-electron chi connectivity index (χ3n) is 3.05. The molecule has 2 aromatic carbocycles. The van der Waals surface area contributed by atoms with Gasteiger partial charge in [0.1, 0.15) is 23.3 Å². The number of nitrogens with zero attached hydrogens (tertiary/aromatic N) is 1. The van der Waals surface area contributed by atoms with Crippen LogP contribution in [-0.4, -0.2) is 10.9 Å². The van der Waals surface area contributed by atoms with Crippen LogP contribution in [0.3, 0.4) is 0 Å². The average molecular weight is 352 g/mol. The van der Waals surface area contributed by atoms with Crippen LogP contribution in [0.15, 0.2) is 41.8 Å². The van der Waals surface area contributed by atoms with Crippen LogP contribution in [0.5, 0.6) is 0 Å². The zero-order valence-electron chi connectivity index (χ0n) is 11.8. The summed E-state index contributed by atoms with van der Waals surface area (Å²) in [6.07, 6.45) is 0. The Balaban J connectivity index is 1.83. The van der Waals surface area contributed by atoms with Gasteiger partial charge >= 0.3 is 0 Å². The van der Waals surface area contributed by atoms with Gasteiger partial charge in [-0.05, 0) is 30.3 Å². The Morgan fingerprint density at radius 2 is 1.67 bits per heavy atom. The van der Waals surface area contributed by atoms with Crippen LogP contribution in [0.1, 0.15) is 10.4 Å². The fraction of sp³-hybridized carbons (Fsp3) is 0. The van der Waals surface area contributed by atoms with Crippen molar-refractivity contribution in [3.05, 3.63) is 70.6 Å². The molecule has 1 aromatic heterocycles. The van der Waals surface area contributed by atoms with Crippen molar-refractivity contribution in [2.45, 2.75) is 0 Å². The van der Waals surface area contributed by atoms with Crippen molar-refractivity contribution in [2.75, 3.05) is 5.32 Å². The number of carbonyl (C=O) groups excluding carboxylic acids is 1. The molecule has 0 unspecified atom stereocenters. The summed E-state index contributed by atoms with van der Waals surface area (Å²) in [6.45, 7) is 0. The van der Waals surface area contributed by atoms with E-state index in [9.17, 15) is 22.4 Å². The standard InChI is InChI=1S/C16H8F4N2OS/c17-9-1-2-13(20)12(6-9)14-7-24-16(21-14)22-15(23)8-3-10(18)5-11(19)4-8/h1-7H,(H,21,22,23). The predicted octanol–water partition coefficient (Wildman–Crippen LogP) is 4.62. The van der Waals surface area contributed by atoms with Crippen LogP contribution in [0.4, 0.5) is 22.7 Å². The third kappa shape index (κ3) is 3.43. The summed E-state index contributed by atoms with van der Waals surface area (Å²) in [4.78, 5) is 16.0. The molecule has 0 aliphatic rings. The molecule has 3 aromatic rings. The van der Waals surface area contributed by atoms with Crippen molar-refractivity contribution < 1.29 is 22.4 Å². The number of benzene rings is 2. The highest BCUT2D eigenvalue weighted by atomic mass is 32.1. The van der Waals surface area contributed by atoms with Crippen molar-refractivity contribution in [1.82, 2.24) is 4.98 Å². The van der Waals surface area contributed by atoms with Crippen LogP contribution in [0.2, 0.25) is 0 Å². The van der Waals surface area contributed by atoms with E-state index in [0.717, 1.165) is 41.7 Å². The molecule has 1 N–H and O–H groups in total. The molecule has 0 aliphatic carbocycles. The topological polar surface area (TPSA) is 42.0 Å².